The number of hydrogen-bond acceptors (Lipinski definition) is 4. The van der Waals surface area contributed by atoms with E-state index in [1.807, 2.05) is 85.5 Å². The molecule has 0 radical (unpaired) electrons. The Morgan fingerprint density at radius 2 is 1.74 bits per heavy atom. The molecule has 0 unspecified atom stereocenters. The zero-order valence-corrected chi connectivity index (χ0v) is 18.4. The van der Waals surface area contributed by atoms with Crippen molar-refractivity contribution in [2.75, 3.05) is 6.54 Å². The number of H-pyrrole nitrogens is 1. The van der Waals surface area contributed by atoms with Crippen LogP contribution in [0.4, 0.5) is 0 Å². The quantitative estimate of drug-likeness (QED) is 0.467. The monoisotopic (exact) mass is 431 g/mol. The first-order valence-electron chi connectivity index (χ1n) is 10.2. The highest BCUT2D eigenvalue weighted by Crippen LogP contribution is 2.27. The highest BCUT2D eigenvalue weighted by molar-refractivity contribution is 7.16. The molecule has 4 rings (SSSR count). The Kier molecular flexibility index (Phi) is 5.76. The van der Waals surface area contributed by atoms with Gasteiger partial charge in [0.05, 0.1) is 15.8 Å². The lowest BCUT2D eigenvalue weighted by Crippen LogP contribution is -2.51. The minimum Gasteiger partial charge on any atom is -0.328 e. The summed E-state index contributed by atoms with van der Waals surface area (Å²) >= 11 is 1.21. The fourth-order valence-electron chi connectivity index (χ4n) is 3.56. The van der Waals surface area contributed by atoms with Gasteiger partial charge in [0.1, 0.15) is 0 Å². The summed E-state index contributed by atoms with van der Waals surface area (Å²) in [7, 11) is 0. The number of rotatable bonds is 6. The number of benzene rings is 3. The predicted molar refractivity (Wildman–Crippen MR) is 127 cm³/mol. The second-order valence-electron chi connectivity index (χ2n) is 8.20. The van der Waals surface area contributed by atoms with Gasteiger partial charge in [-0.1, -0.05) is 53.8 Å². The van der Waals surface area contributed by atoms with Crippen LogP contribution in [-0.4, -0.2) is 27.9 Å². The summed E-state index contributed by atoms with van der Waals surface area (Å²) in [5.41, 5.74) is 10.1. The normalized spacial score (nSPS) is 11.6. The summed E-state index contributed by atoms with van der Waals surface area (Å²) in [4.78, 5) is 29.5. The molecule has 0 bridgehead atoms. The molecule has 1 amide bonds. The maximum absolute atomic E-state index is 13.3. The second-order valence-corrected chi connectivity index (χ2v) is 9.21. The number of thiazole rings is 1. The first-order chi connectivity index (χ1) is 14.9. The van der Waals surface area contributed by atoms with Crippen LogP contribution in [-0.2, 0) is 6.54 Å². The fourth-order valence-corrected chi connectivity index (χ4v) is 4.34. The maximum Gasteiger partial charge on any atom is 0.305 e. The van der Waals surface area contributed by atoms with Crippen molar-refractivity contribution in [1.29, 1.82) is 0 Å². The van der Waals surface area contributed by atoms with E-state index in [1.54, 1.807) is 0 Å². The number of aromatic amines is 1. The topological polar surface area (TPSA) is 79.2 Å². The molecule has 0 spiro atoms. The van der Waals surface area contributed by atoms with Crippen LogP contribution in [0.25, 0.3) is 21.3 Å². The van der Waals surface area contributed by atoms with Crippen LogP contribution < -0.4 is 10.6 Å². The van der Waals surface area contributed by atoms with Gasteiger partial charge in [-0.25, -0.2) is 0 Å². The van der Waals surface area contributed by atoms with Crippen molar-refractivity contribution in [3.63, 3.8) is 0 Å². The Hall–Kier alpha value is -3.22. The van der Waals surface area contributed by atoms with Gasteiger partial charge in [-0.3, -0.25) is 9.59 Å². The van der Waals surface area contributed by atoms with E-state index < -0.39 is 5.54 Å². The molecule has 3 aromatic carbocycles. The van der Waals surface area contributed by atoms with Gasteiger partial charge in [0.15, 0.2) is 0 Å². The Morgan fingerprint density at radius 1 is 1.00 bits per heavy atom. The van der Waals surface area contributed by atoms with E-state index in [-0.39, 0.29) is 10.8 Å². The molecule has 6 heteroatoms. The smallest absolute Gasteiger partial charge is 0.305 e. The SMILES string of the molecule is CC(C)(CN)N(Cc1cccc(-c2ccc3[nH]c(=O)sc3c2)c1)C(=O)c1ccccc1. The first kappa shape index (κ1) is 21.0. The average molecular weight is 432 g/mol. The van der Waals surface area contributed by atoms with Crippen LogP contribution in [0.1, 0.15) is 29.8 Å². The van der Waals surface area contributed by atoms with E-state index >= 15 is 0 Å². The highest BCUT2D eigenvalue weighted by Gasteiger charge is 2.30. The van der Waals surface area contributed by atoms with Crippen LogP contribution in [0.15, 0.2) is 77.6 Å². The van der Waals surface area contributed by atoms with Gasteiger partial charge in [-0.05, 0) is 60.9 Å². The Balaban J connectivity index is 1.67. The molecular weight excluding hydrogens is 406 g/mol. The lowest BCUT2D eigenvalue weighted by molar-refractivity contribution is 0.0539. The van der Waals surface area contributed by atoms with Gasteiger partial charge >= 0.3 is 4.87 Å². The third-order valence-corrected chi connectivity index (χ3v) is 6.36. The number of aromatic nitrogens is 1. The van der Waals surface area contributed by atoms with Gasteiger partial charge in [-0.2, -0.15) is 0 Å². The molecule has 1 aromatic heterocycles. The molecule has 0 atom stereocenters. The standard InChI is InChI=1S/C25H25N3O2S/c1-25(2,16-26)28(23(29)18-8-4-3-5-9-18)15-17-7-6-10-19(13-17)20-11-12-21-22(14-20)31-24(30)27-21/h3-14H,15-16,26H2,1-2H3,(H,27,30). The van der Waals surface area contributed by atoms with E-state index in [4.69, 9.17) is 5.73 Å². The second kappa shape index (κ2) is 8.49. The fraction of sp³-hybridized carbons (Fsp3) is 0.200. The third-order valence-electron chi connectivity index (χ3n) is 5.52. The summed E-state index contributed by atoms with van der Waals surface area (Å²) < 4.78 is 0.929. The molecule has 158 valence electrons. The largest absolute Gasteiger partial charge is 0.328 e. The van der Waals surface area contributed by atoms with Crippen molar-refractivity contribution < 1.29 is 4.79 Å². The molecule has 31 heavy (non-hydrogen) atoms. The van der Waals surface area contributed by atoms with Crippen molar-refractivity contribution >= 4 is 27.5 Å². The van der Waals surface area contributed by atoms with Gasteiger partial charge in [0, 0.05) is 18.7 Å². The molecule has 0 aliphatic carbocycles. The van der Waals surface area contributed by atoms with E-state index in [9.17, 15) is 9.59 Å². The molecule has 5 nitrogen and oxygen atoms in total. The molecule has 0 aliphatic heterocycles. The van der Waals surface area contributed by atoms with Crippen LogP contribution in [0.2, 0.25) is 0 Å². The molecule has 0 saturated heterocycles. The van der Waals surface area contributed by atoms with Crippen LogP contribution in [0, 0.1) is 0 Å². The molecule has 3 N–H and O–H groups in total. The number of carbonyl (C=O) groups is 1. The minimum atomic E-state index is -0.501. The summed E-state index contributed by atoms with van der Waals surface area (Å²) in [6, 6.07) is 23.4. The summed E-state index contributed by atoms with van der Waals surface area (Å²) in [6.45, 7) is 4.78. The van der Waals surface area contributed by atoms with Gasteiger partial charge in [0.25, 0.3) is 5.91 Å². The van der Waals surface area contributed by atoms with E-state index in [2.05, 4.69) is 11.1 Å². The zero-order valence-electron chi connectivity index (χ0n) is 17.6. The van der Waals surface area contributed by atoms with Crippen LogP contribution in [0.5, 0.6) is 0 Å². The molecule has 4 aromatic rings. The van der Waals surface area contributed by atoms with E-state index in [0.717, 1.165) is 26.9 Å². The molecule has 1 heterocycles. The Bertz CT molecular complexity index is 1270. The lowest BCUT2D eigenvalue weighted by Gasteiger charge is -2.38. The average Bonchev–Trinajstić information content (AvgIpc) is 3.17. The number of carbonyl (C=O) groups excluding carboxylic acids is 1. The van der Waals surface area contributed by atoms with Gasteiger partial charge in [-0.15, -0.1) is 0 Å². The summed E-state index contributed by atoms with van der Waals surface area (Å²) in [6.07, 6.45) is 0. The maximum atomic E-state index is 13.3. The Morgan fingerprint density at radius 3 is 2.48 bits per heavy atom. The summed E-state index contributed by atoms with van der Waals surface area (Å²) in [5, 5.41) is 0. The van der Waals surface area contributed by atoms with Crippen molar-refractivity contribution in [2.24, 2.45) is 5.73 Å². The van der Waals surface area contributed by atoms with Crippen LogP contribution in [0.3, 0.4) is 0 Å². The predicted octanol–water partition coefficient (Wildman–Crippen LogP) is 4.64. The van der Waals surface area contributed by atoms with Crippen molar-refractivity contribution in [3.8, 4) is 11.1 Å². The number of nitrogens with two attached hydrogens (primary N) is 1. The van der Waals surface area contributed by atoms with E-state index in [1.165, 1.54) is 11.3 Å². The third kappa shape index (κ3) is 4.45. The number of hydrogen-bond donors (Lipinski definition) is 2. The summed E-state index contributed by atoms with van der Waals surface area (Å²) in [5.74, 6) is -0.0417. The molecule has 0 fully saturated rings. The van der Waals surface area contributed by atoms with Crippen LogP contribution >= 0.6 is 11.3 Å². The number of nitrogens with zero attached hydrogens (tertiary/aromatic N) is 1. The van der Waals surface area contributed by atoms with E-state index in [0.29, 0.717) is 18.7 Å². The number of nitrogens with one attached hydrogen (secondary N) is 1. The lowest BCUT2D eigenvalue weighted by atomic mass is 9.98. The minimum absolute atomic E-state index is 0.0417. The van der Waals surface area contributed by atoms with Crippen molar-refractivity contribution in [3.05, 3.63) is 93.6 Å². The number of amides is 1. The molecule has 0 saturated carbocycles. The van der Waals surface area contributed by atoms with Crippen molar-refractivity contribution in [1.82, 2.24) is 9.88 Å². The molecular formula is C25H25N3O2S. The molecule has 0 aliphatic rings. The van der Waals surface area contributed by atoms with Crippen molar-refractivity contribution in [2.45, 2.75) is 25.9 Å². The van der Waals surface area contributed by atoms with Gasteiger partial charge in [0.2, 0.25) is 0 Å². The first-order valence-corrected chi connectivity index (χ1v) is 11.0. The zero-order chi connectivity index (χ0) is 22.0. The van der Waals surface area contributed by atoms with Gasteiger partial charge < -0.3 is 15.6 Å². The number of fused-ring (bicyclic) bond motifs is 1. The highest BCUT2D eigenvalue weighted by atomic mass is 32.1. The Labute approximate surface area is 185 Å².